The molecule has 0 saturated heterocycles. The maximum absolute atomic E-state index is 14.1. The number of urea groups is 1. The fourth-order valence-electron chi connectivity index (χ4n) is 2.66. The first-order chi connectivity index (χ1) is 13.8. The van der Waals surface area contributed by atoms with E-state index < -0.39 is 11.7 Å². The number of hydrogen-bond acceptors (Lipinski definition) is 3. The van der Waals surface area contributed by atoms with Crippen LogP contribution in [-0.4, -0.2) is 23.9 Å². The van der Waals surface area contributed by atoms with Crippen LogP contribution in [0.15, 0.2) is 63.7 Å². The zero-order valence-corrected chi connectivity index (χ0v) is 17.4. The molecule has 8 heteroatoms. The zero-order chi connectivity index (χ0) is 21.0. The molecule has 0 aliphatic rings. The van der Waals surface area contributed by atoms with Crippen molar-refractivity contribution < 1.29 is 18.4 Å². The van der Waals surface area contributed by atoms with E-state index in [0.717, 1.165) is 10.0 Å². The second-order valence-corrected chi connectivity index (χ2v) is 7.37. The van der Waals surface area contributed by atoms with Gasteiger partial charge >= 0.3 is 6.03 Å². The fraction of sp³-hybridized carbons (Fsp3) is 0.143. The number of nitrogens with one attached hydrogen (secondary N) is 2. The van der Waals surface area contributed by atoms with Crippen LogP contribution in [0.25, 0.3) is 0 Å². The third-order valence-electron chi connectivity index (χ3n) is 4.25. The lowest BCUT2D eigenvalue weighted by Gasteiger charge is -2.18. The summed E-state index contributed by atoms with van der Waals surface area (Å²) in [5.41, 5.74) is 1.60. The minimum absolute atomic E-state index is 0.0380. The molecular formula is C21H19BrFN3O3. The van der Waals surface area contributed by atoms with Gasteiger partial charge in [-0.2, -0.15) is 0 Å². The van der Waals surface area contributed by atoms with E-state index in [1.165, 1.54) is 35.4 Å². The van der Waals surface area contributed by atoms with Crippen LogP contribution >= 0.6 is 15.9 Å². The molecule has 29 heavy (non-hydrogen) atoms. The average molecular weight is 460 g/mol. The second-order valence-electron chi connectivity index (χ2n) is 6.45. The van der Waals surface area contributed by atoms with Crippen molar-refractivity contribution in [2.24, 2.45) is 0 Å². The minimum atomic E-state index is -0.610. The Balaban J connectivity index is 1.67. The van der Waals surface area contributed by atoms with E-state index in [2.05, 4.69) is 26.6 Å². The predicted molar refractivity (Wildman–Crippen MR) is 112 cm³/mol. The Morgan fingerprint density at radius 3 is 2.48 bits per heavy atom. The number of furan rings is 1. The van der Waals surface area contributed by atoms with Gasteiger partial charge in [0.15, 0.2) is 0 Å². The minimum Gasteiger partial charge on any atom is -0.469 e. The van der Waals surface area contributed by atoms with Gasteiger partial charge in [-0.3, -0.25) is 4.79 Å². The highest BCUT2D eigenvalue weighted by molar-refractivity contribution is 9.10. The first-order valence-electron chi connectivity index (χ1n) is 8.75. The third kappa shape index (κ3) is 5.23. The van der Waals surface area contributed by atoms with Gasteiger partial charge in [-0.25, -0.2) is 9.18 Å². The highest BCUT2D eigenvalue weighted by Crippen LogP contribution is 2.22. The number of benzene rings is 2. The number of carbonyl (C=O) groups excluding carboxylic acids is 2. The second kappa shape index (κ2) is 8.91. The molecule has 3 rings (SSSR count). The van der Waals surface area contributed by atoms with Crippen molar-refractivity contribution in [1.29, 1.82) is 0 Å². The Hall–Kier alpha value is -3.13. The maximum atomic E-state index is 14.1. The number of amides is 3. The smallest absolute Gasteiger partial charge is 0.321 e. The van der Waals surface area contributed by atoms with Crippen LogP contribution in [0, 0.1) is 12.7 Å². The first kappa shape index (κ1) is 20.6. The Morgan fingerprint density at radius 2 is 1.83 bits per heavy atom. The normalized spacial score (nSPS) is 10.5. The van der Waals surface area contributed by atoms with Gasteiger partial charge in [0, 0.05) is 23.8 Å². The predicted octanol–water partition coefficient (Wildman–Crippen LogP) is 5.41. The van der Waals surface area contributed by atoms with Crippen LogP contribution in [0.4, 0.5) is 20.6 Å². The van der Waals surface area contributed by atoms with Gasteiger partial charge in [0.1, 0.15) is 11.6 Å². The quantitative estimate of drug-likeness (QED) is 0.535. The molecule has 3 aromatic rings. The Labute approximate surface area is 175 Å². The van der Waals surface area contributed by atoms with Crippen LogP contribution in [0.1, 0.15) is 21.7 Å². The van der Waals surface area contributed by atoms with Crippen LogP contribution < -0.4 is 10.6 Å². The summed E-state index contributed by atoms with van der Waals surface area (Å²) >= 11 is 3.37. The Bertz CT molecular complexity index is 1030. The summed E-state index contributed by atoms with van der Waals surface area (Å²) in [5, 5.41) is 5.20. The molecule has 0 unspecified atom stereocenters. The highest BCUT2D eigenvalue weighted by atomic mass is 79.9. The van der Waals surface area contributed by atoms with Crippen molar-refractivity contribution in [1.82, 2.24) is 4.90 Å². The number of hydrogen-bond donors (Lipinski definition) is 2. The van der Waals surface area contributed by atoms with Gasteiger partial charge in [-0.05, 0) is 48.9 Å². The molecule has 0 bridgehead atoms. The molecule has 6 nitrogen and oxygen atoms in total. The molecule has 150 valence electrons. The van der Waals surface area contributed by atoms with E-state index in [0.29, 0.717) is 23.6 Å². The SMILES string of the molecule is Cc1occc1C(=O)Nc1cc(NC(=O)N(C)Cc2ccc(Br)cc2)ccc1F. The average Bonchev–Trinajstić information content (AvgIpc) is 3.12. The summed E-state index contributed by atoms with van der Waals surface area (Å²) in [6, 6.07) is 12.8. The van der Waals surface area contributed by atoms with E-state index in [-0.39, 0.29) is 11.7 Å². The fourth-order valence-corrected chi connectivity index (χ4v) is 2.93. The summed E-state index contributed by atoms with van der Waals surface area (Å²) in [6.07, 6.45) is 1.39. The number of rotatable bonds is 5. The van der Waals surface area contributed by atoms with Crippen molar-refractivity contribution in [3.8, 4) is 0 Å². The van der Waals surface area contributed by atoms with Crippen LogP contribution in [0.3, 0.4) is 0 Å². The van der Waals surface area contributed by atoms with Gasteiger partial charge in [0.05, 0.1) is 17.5 Å². The van der Waals surface area contributed by atoms with Crippen LogP contribution in [-0.2, 0) is 6.54 Å². The summed E-state index contributed by atoms with van der Waals surface area (Å²) in [4.78, 5) is 26.2. The van der Waals surface area contributed by atoms with E-state index in [1.54, 1.807) is 14.0 Å². The molecule has 0 atom stereocenters. The standard InChI is InChI=1S/C21H19BrFN3O3/c1-13-17(9-10-29-13)20(27)25-19-11-16(7-8-18(19)23)24-21(28)26(2)12-14-3-5-15(22)6-4-14/h3-11H,12H2,1-2H3,(H,24,28)(H,25,27). The van der Waals surface area contributed by atoms with Crippen molar-refractivity contribution in [2.45, 2.75) is 13.5 Å². The Morgan fingerprint density at radius 1 is 1.10 bits per heavy atom. The van der Waals surface area contributed by atoms with E-state index >= 15 is 0 Å². The molecule has 3 amide bonds. The van der Waals surface area contributed by atoms with Crippen LogP contribution in [0.5, 0.6) is 0 Å². The molecule has 0 aliphatic heterocycles. The van der Waals surface area contributed by atoms with Crippen LogP contribution in [0.2, 0.25) is 0 Å². The first-order valence-corrected chi connectivity index (χ1v) is 9.54. The number of halogens is 2. The van der Waals surface area contributed by atoms with Gasteiger partial charge in [0.2, 0.25) is 0 Å². The largest absolute Gasteiger partial charge is 0.469 e. The molecule has 1 heterocycles. The summed E-state index contributed by atoms with van der Waals surface area (Å²) in [7, 11) is 1.66. The molecule has 0 spiro atoms. The molecule has 2 N–H and O–H groups in total. The van der Waals surface area contributed by atoms with E-state index in [9.17, 15) is 14.0 Å². The lowest BCUT2D eigenvalue weighted by atomic mass is 10.2. The lowest BCUT2D eigenvalue weighted by molar-refractivity contribution is 0.102. The molecule has 2 aromatic carbocycles. The van der Waals surface area contributed by atoms with Gasteiger partial charge in [-0.15, -0.1) is 0 Å². The highest BCUT2D eigenvalue weighted by Gasteiger charge is 2.15. The third-order valence-corrected chi connectivity index (χ3v) is 4.78. The molecule has 1 aromatic heterocycles. The van der Waals surface area contributed by atoms with Crippen molar-refractivity contribution in [2.75, 3.05) is 17.7 Å². The van der Waals surface area contributed by atoms with Crippen molar-refractivity contribution >= 4 is 39.2 Å². The van der Waals surface area contributed by atoms with Crippen molar-refractivity contribution in [3.63, 3.8) is 0 Å². The number of aryl methyl sites for hydroxylation is 1. The number of carbonyl (C=O) groups is 2. The van der Waals surface area contributed by atoms with Crippen molar-refractivity contribution in [3.05, 3.63) is 82.0 Å². The molecule has 0 aliphatic carbocycles. The topological polar surface area (TPSA) is 74.6 Å². The number of anilines is 2. The van der Waals surface area contributed by atoms with Gasteiger partial charge < -0.3 is 20.0 Å². The molecule has 0 saturated carbocycles. The van der Waals surface area contributed by atoms with Gasteiger partial charge in [0.25, 0.3) is 5.91 Å². The maximum Gasteiger partial charge on any atom is 0.321 e. The Kier molecular flexibility index (Phi) is 6.33. The number of nitrogens with zero attached hydrogens (tertiary/aromatic N) is 1. The monoisotopic (exact) mass is 459 g/mol. The molecular weight excluding hydrogens is 441 g/mol. The van der Waals surface area contributed by atoms with E-state index in [4.69, 9.17) is 4.42 Å². The lowest BCUT2D eigenvalue weighted by Crippen LogP contribution is -2.30. The van der Waals surface area contributed by atoms with E-state index in [1.807, 2.05) is 24.3 Å². The summed E-state index contributed by atoms with van der Waals surface area (Å²) in [6.45, 7) is 2.05. The molecule has 0 radical (unpaired) electrons. The summed E-state index contributed by atoms with van der Waals surface area (Å²) in [5.74, 6) is -0.673. The molecule has 0 fully saturated rings. The van der Waals surface area contributed by atoms with Gasteiger partial charge in [-0.1, -0.05) is 28.1 Å². The summed E-state index contributed by atoms with van der Waals surface area (Å²) < 4.78 is 20.2. The zero-order valence-electron chi connectivity index (χ0n) is 15.8.